The average Bonchev–Trinajstić information content (AvgIpc) is 3.69. The summed E-state index contributed by atoms with van der Waals surface area (Å²) in [7, 11) is -9.86. The second-order valence-electron chi connectivity index (χ2n) is 17.0. The first kappa shape index (κ1) is 89.5. The molecule has 0 radical (unpaired) electrons. The topological polar surface area (TPSA) is 367 Å². The summed E-state index contributed by atoms with van der Waals surface area (Å²) in [4.78, 5) is 98.1. The van der Waals surface area contributed by atoms with Gasteiger partial charge in [0.05, 0.1) is 64.7 Å². The van der Waals surface area contributed by atoms with E-state index in [-0.39, 0.29) is 136 Å². The quantitative estimate of drug-likeness (QED) is 0.0109. The minimum Gasteiger partial charge on any atom is -0.473 e. The van der Waals surface area contributed by atoms with E-state index in [0.717, 1.165) is 56.2 Å². The molecule has 498 valence electrons. The molecule has 0 heterocycles. The molecule has 0 aliphatic carbocycles. The van der Waals surface area contributed by atoms with Crippen LogP contribution in [0.1, 0.15) is 99.8 Å². The predicted octanol–water partition coefficient (Wildman–Crippen LogP) is 9.10. The number of hydrogen-bond donors (Lipinski definition) is 2. The van der Waals surface area contributed by atoms with Crippen LogP contribution in [0.2, 0.25) is 0 Å². The van der Waals surface area contributed by atoms with Crippen molar-refractivity contribution in [2.75, 3.05) is 99.3 Å². The van der Waals surface area contributed by atoms with Gasteiger partial charge in [-0.15, -0.1) is 0 Å². The van der Waals surface area contributed by atoms with E-state index in [0.29, 0.717) is 30.6 Å². The monoisotopic (exact) mass is 1310 g/mol. The number of aliphatic hydroxyl groups is 1. The van der Waals surface area contributed by atoms with Crippen LogP contribution < -0.4 is 0 Å². The summed E-state index contributed by atoms with van der Waals surface area (Å²) >= 11 is 0. The van der Waals surface area contributed by atoms with Crippen LogP contribution >= 0.6 is 23.4 Å². The SMILES string of the molecule is C.C=C(C)C(=O)OCCOC(=O)CCCCC(O)[P+](C)=O.C=C(C)OCOCCOP(=O)(O)OCCOC(=O)C(=C)C.C=CC(=O)OCCOP(=O)(OCCOC(=O)C=C)OCCOC(=O)C=C.C=COC(=O)CC(CC)(CCCC)COC(=O)C=C. The molecular weight excluding hydrogens is 1210 g/mol. The van der Waals surface area contributed by atoms with Crippen molar-refractivity contribution in [1.29, 1.82) is 0 Å². The van der Waals surface area contributed by atoms with Crippen molar-refractivity contribution in [3.63, 3.8) is 0 Å². The first-order valence-corrected chi connectivity index (χ1v) is 31.1. The van der Waals surface area contributed by atoms with Gasteiger partial charge in [0.15, 0.2) is 6.79 Å². The lowest BCUT2D eigenvalue weighted by atomic mass is 9.78. The maximum absolute atomic E-state index is 12.4. The molecule has 0 aromatic rings. The van der Waals surface area contributed by atoms with E-state index in [9.17, 15) is 62.1 Å². The number of rotatable bonds is 47. The van der Waals surface area contributed by atoms with Crippen LogP contribution in [0, 0.1) is 5.41 Å². The Hall–Kier alpha value is -6.28. The summed E-state index contributed by atoms with van der Waals surface area (Å²) in [6.45, 7) is 35.0. The van der Waals surface area contributed by atoms with E-state index in [2.05, 4.69) is 87.6 Å². The number of esters is 8. The van der Waals surface area contributed by atoms with Gasteiger partial charge in [0.25, 0.3) is 5.85 Å². The van der Waals surface area contributed by atoms with E-state index in [4.69, 9.17) is 42.0 Å². The number of carbonyl (C=O) groups is 8. The number of allylic oxidation sites excluding steroid dienone is 1. The minimum absolute atomic E-state index is 0. The highest BCUT2D eigenvalue weighted by molar-refractivity contribution is 7.48. The Morgan fingerprint density at radius 1 is 0.563 bits per heavy atom. The number of carbonyl (C=O) groups excluding carboxylic acids is 8. The second-order valence-corrected chi connectivity index (χ2v) is 21.8. The zero-order valence-corrected chi connectivity index (χ0v) is 52.9. The zero-order chi connectivity index (χ0) is 66.4. The van der Waals surface area contributed by atoms with Crippen LogP contribution in [0.15, 0.2) is 100 Å². The van der Waals surface area contributed by atoms with Gasteiger partial charge in [0.1, 0.15) is 46.3 Å². The van der Waals surface area contributed by atoms with E-state index in [1.165, 1.54) is 20.5 Å². The van der Waals surface area contributed by atoms with E-state index in [1.807, 2.05) is 6.92 Å². The van der Waals surface area contributed by atoms with Crippen molar-refractivity contribution in [3.05, 3.63) is 100 Å². The van der Waals surface area contributed by atoms with Gasteiger partial charge in [-0.2, -0.15) is 0 Å². The van der Waals surface area contributed by atoms with Gasteiger partial charge in [0, 0.05) is 53.7 Å². The maximum atomic E-state index is 12.4. The fourth-order valence-electron chi connectivity index (χ4n) is 5.18. The van der Waals surface area contributed by atoms with Crippen molar-refractivity contribution in [2.24, 2.45) is 5.41 Å². The van der Waals surface area contributed by atoms with Crippen LogP contribution in [0.25, 0.3) is 0 Å². The lowest BCUT2D eigenvalue weighted by molar-refractivity contribution is -0.150. The van der Waals surface area contributed by atoms with Crippen LogP contribution in [-0.4, -0.2) is 163 Å². The van der Waals surface area contributed by atoms with Gasteiger partial charge in [-0.3, -0.25) is 32.2 Å². The molecule has 0 saturated carbocycles. The van der Waals surface area contributed by atoms with Gasteiger partial charge >= 0.3 is 71.2 Å². The average molecular weight is 1310 g/mol. The zero-order valence-electron chi connectivity index (χ0n) is 50.2. The summed E-state index contributed by atoms with van der Waals surface area (Å²) in [5, 5.41) is 9.31. The molecule has 4 unspecified atom stereocenters. The highest BCUT2D eigenvalue weighted by atomic mass is 31.2. The Labute approximate surface area is 512 Å². The number of phosphoric acid groups is 2. The summed E-state index contributed by atoms with van der Waals surface area (Å²) in [5.74, 6) is -4.66. The van der Waals surface area contributed by atoms with Gasteiger partial charge in [-0.05, 0) is 46.5 Å². The Morgan fingerprint density at radius 2 is 0.977 bits per heavy atom. The molecule has 0 spiro atoms. The molecule has 0 aliphatic rings. The Bertz CT molecular complexity index is 2190. The molecular formula is C56H92O28P3+. The molecule has 0 aliphatic heterocycles. The molecule has 0 fully saturated rings. The van der Waals surface area contributed by atoms with Gasteiger partial charge in [-0.25, -0.2) is 37.9 Å². The van der Waals surface area contributed by atoms with Gasteiger partial charge < -0.3 is 57.4 Å². The fourth-order valence-corrected chi connectivity index (χ4v) is 7.53. The third-order valence-corrected chi connectivity index (χ3v) is 13.3. The van der Waals surface area contributed by atoms with E-state index < -0.39 is 65.1 Å². The van der Waals surface area contributed by atoms with Crippen LogP contribution in [0.5, 0.6) is 0 Å². The number of ether oxygens (including phenoxy) is 10. The van der Waals surface area contributed by atoms with Crippen molar-refractivity contribution < 1.29 is 132 Å². The smallest absolute Gasteiger partial charge is 0.473 e. The van der Waals surface area contributed by atoms with E-state index in [1.54, 1.807) is 6.92 Å². The maximum Gasteiger partial charge on any atom is 0.475 e. The van der Waals surface area contributed by atoms with Gasteiger partial charge in [-0.1, -0.05) is 91.3 Å². The van der Waals surface area contributed by atoms with Crippen molar-refractivity contribution >= 4 is 71.2 Å². The molecule has 28 nitrogen and oxygen atoms in total. The largest absolute Gasteiger partial charge is 0.475 e. The summed E-state index contributed by atoms with van der Waals surface area (Å²) in [5.41, 5.74) is 0.158. The Morgan fingerprint density at radius 3 is 1.38 bits per heavy atom. The van der Waals surface area contributed by atoms with Crippen molar-refractivity contribution in [2.45, 2.75) is 106 Å². The predicted molar refractivity (Wildman–Crippen MR) is 319 cm³/mol. The summed E-state index contributed by atoms with van der Waals surface area (Å²) < 4.78 is 107. The number of unbranched alkanes of at least 4 members (excludes halogenated alkanes) is 2. The molecule has 31 heteroatoms. The van der Waals surface area contributed by atoms with Crippen molar-refractivity contribution in [1.82, 2.24) is 0 Å². The fraction of sp³-hybridized carbons (Fsp3) is 0.571. The minimum atomic E-state index is -4.20. The Kier molecular flexibility index (Phi) is 57.8. The highest BCUT2D eigenvalue weighted by Gasteiger charge is 2.33. The third-order valence-electron chi connectivity index (χ3n) is 9.69. The second kappa shape index (κ2) is 56.2. The molecule has 0 rings (SSSR count). The highest BCUT2D eigenvalue weighted by Crippen LogP contribution is 2.49. The molecule has 0 amide bonds. The van der Waals surface area contributed by atoms with Crippen LogP contribution in [0.3, 0.4) is 0 Å². The Balaban J connectivity index is -0.000000345. The molecule has 87 heavy (non-hydrogen) atoms. The molecule has 2 N–H and O–H groups in total. The molecule has 4 atom stereocenters. The third kappa shape index (κ3) is 57.2. The molecule has 0 saturated heterocycles. The molecule has 0 aromatic carbocycles. The van der Waals surface area contributed by atoms with Gasteiger partial charge in [0.2, 0.25) is 0 Å². The lowest BCUT2D eigenvalue weighted by Crippen LogP contribution is -2.31. The van der Waals surface area contributed by atoms with Crippen molar-refractivity contribution in [3.8, 4) is 0 Å². The van der Waals surface area contributed by atoms with Crippen LogP contribution in [-0.2, 0) is 122 Å². The normalized spacial score (nSPS) is 12.1. The standard InChI is InChI=1S/C15H21O10P.C15H24O4.C13H22O6P.C12H21O8P.CH4/c1-4-13(16)20-7-10-23-26(19,24-11-8-21-14(17)5-2)25-12-9-22-15(18)6-3;1-5-9-10-15(7-3,11-14(17)18-8-4)12-19-13(16)6-2;1-10(2)13(16)19-9-8-18-11(14)6-4-5-7-12(15)20(3)17;1-10(2)12(13)17-6-8-20-21(14,15)19-7-5-16-9-18-11(3)4;/h4-6H,1-3,7-12H2;6,8H,2,4-5,7,9-12H2,1,3H3;12,15H,1,4-9H2,2-3H3;1,3,5-9H2,2,4H3,(H,14,15);1H4/q;;+1;;. The molecule has 0 aromatic heterocycles. The lowest BCUT2D eigenvalue weighted by Gasteiger charge is -2.31. The number of aliphatic hydroxyl groups excluding tert-OH is 1. The number of hydrogen-bond acceptors (Lipinski definition) is 27. The molecule has 0 bridgehead atoms. The summed E-state index contributed by atoms with van der Waals surface area (Å²) in [6, 6.07) is 0. The van der Waals surface area contributed by atoms with E-state index >= 15 is 0 Å². The van der Waals surface area contributed by atoms with Crippen LogP contribution in [0.4, 0.5) is 0 Å². The number of phosphoric ester groups is 2. The first-order chi connectivity index (χ1) is 40.5. The summed E-state index contributed by atoms with van der Waals surface area (Å²) in [6.07, 6.45) is 10.7. The first-order valence-electron chi connectivity index (χ1n) is 26.4.